The molecule has 2 fully saturated rings. The lowest BCUT2D eigenvalue weighted by Crippen LogP contribution is -2.50. The van der Waals surface area contributed by atoms with Crippen molar-refractivity contribution in [2.45, 2.75) is 38.8 Å². The summed E-state index contributed by atoms with van der Waals surface area (Å²) in [7, 11) is 0. The number of nitrogens with one attached hydrogen (secondary N) is 1. The van der Waals surface area contributed by atoms with Crippen LogP contribution in [0.5, 0.6) is 0 Å². The quantitative estimate of drug-likeness (QED) is 0.835. The van der Waals surface area contributed by atoms with E-state index in [9.17, 15) is 0 Å². The van der Waals surface area contributed by atoms with Crippen molar-refractivity contribution in [3.8, 4) is 0 Å². The van der Waals surface area contributed by atoms with E-state index in [0.29, 0.717) is 0 Å². The molecule has 1 atom stereocenters. The van der Waals surface area contributed by atoms with Crippen LogP contribution in [0.25, 0.3) is 0 Å². The fourth-order valence-corrected chi connectivity index (χ4v) is 3.99. The molecule has 5 heteroatoms. The van der Waals surface area contributed by atoms with Gasteiger partial charge in [0.1, 0.15) is 0 Å². The number of aromatic nitrogens is 1. The standard InChI is InChI=1S/C14H24N4S/c1-2-5-15-9-13-10-16-14(19-13)18-8-7-17-6-3-4-12(17)11-18/h10,12,15H,2-9,11H2,1H3. The van der Waals surface area contributed by atoms with Crippen LogP contribution in [0.15, 0.2) is 6.20 Å². The first-order valence-electron chi connectivity index (χ1n) is 7.51. The van der Waals surface area contributed by atoms with Crippen molar-refractivity contribution in [1.29, 1.82) is 0 Å². The lowest BCUT2D eigenvalue weighted by molar-refractivity contribution is 0.231. The van der Waals surface area contributed by atoms with E-state index in [0.717, 1.165) is 25.7 Å². The molecular formula is C14H24N4S. The first-order valence-corrected chi connectivity index (χ1v) is 8.33. The molecule has 2 aliphatic rings. The predicted octanol–water partition coefficient (Wildman–Crippen LogP) is 1.93. The minimum absolute atomic E-state index is 0.777. The van der Waals surface area contributed by atoms with Crippen LogP contribution in [-0.4, -0.2) is 48.6 Å². The largest absolute Gasteiger partial charge is 0.345 e. The lowest BCUT2D eigenvalue weighted by Gasteiger charge is -2.37. The van der Waals surface area contributed by atoms with E-state index in [4.69, 9.17) is 0 Å². The molecule has 1 aromatic heterocycles. The van der Waals surface area contributed by atoms with Gasteiger partial charge in [0.2, 0.25) is 0 Å². The zero-order valence-corrected chi connectivity index (χ0v) is 12.6. The molecule has 4 nitrogen and oxygen atoms in total. The van der Waals surface area contributed by atoms with Gasteiger partial charge in [0.25, 0.3) is 0 Å². The first-order chi connectivity index (χ1) is 9.36. The normalized spacial score (nSPS) is 23.8. The molecule has 0 saturated carbocycles. The van der Waals surface area contributed by atoms with Crippen molar-refractivity contribution in [2.24, 2.45) is 0 Å². The Labute approximate surface area is 119 Å². The zero-order valence-electron chi connectivity index (χ0n) is 11.8. The van der Waals surface area contributed by atoms with Crippen LogP contribution >= 0.6 is 11.3 Å². The van der Waals surface area contributed by atoms with E-state index in [1.54, 1.807) is 0 Å². The molecule has 3 rings (SSSR count). The highest BCUT2D eigenvalue weighted by molar-refractivity contribution is 7.15. The second-order valence-corrected chi connectivity index (χ2v) is 6.66. The van der Waals surface area contributed by atoms with E-state index >= 15 is 0 Å². The number of nitrogens with zero attached hydrogens (tertiary/aromatic N) is 3. The summed E-state index contributed by atoms with van der Waals surface area (Å²) in [4.78, 5) is 11.1. The fourth-order valence-electron chi connectivity index (χ4n) is 3.08. The Morgan fingerprint density at radius 3 is 3.26 bits per heavy atom. The maximum Gasteiger partial charge on any atom is 0.185 e. The third kappa shape index (κ3) is 3.09. The molecule has 106 valence electrons. The number of hydrogen-bond acceptors (Lipinski definition) is 5. The number of rotatable bonds is 5. The average molecular weight is 280 g/mol. The Morgan fingerprint density at radius 1 is 1.42 bits per heavy atom. The molecule has 3 heterocycles. The maximum atomic E-state index is 4.62. The average Bonchev–Trinajstić information content (AvgIpc) is 3.06. The molecule has 0 amide bonds. The van der Waals surface area contributed by atoms with Crippen molar-refractivity contribution >= 4 is 16.5 Å². The third-order valence-corrected chi connectivity index (χ3v) is 5.18. The van der Waals surface area contributed by atoms with Gasteiger partial charge in [-0.15, -0.1) is 11.3 Å². The molecule has 19 heavy (non-hydrogen) atoms. The van der Waals surface area contributed by atoms with Crippen molar-refractivity contribution in [3.63, 3.8) is 0 Å². The molecule has 1 unspecified atom stereocenters. The molecule has 0 spiro atoms. The number of anilines is 1. The smallest absolute Gasteiger partial charge is 0.185 e. The summed E-state index contributed by atoms with van der Waals surface area (Å²) in [6, 6.07) is 0.777. The van der Waals surface area contributed by atoms with Gasteiger partial charge >= 0.3 is 0 Å². The highest BCUT2D eigenvalue weighted by Crippen LogP contribution is 2.28. The van der Waals surface area contributed by atoms with Crippen molar-refractivity contribution < 1.29 is 0 Å². The molecule has 2 saturated heterocycles. The Bertz CT molecular complexity index is 406. The van der Waals surface area contributed by atoms with Gasteiger partial charge in [-0.25, -0.2) is 4.98 Å². The molecule has 0 radical (unpaired) electrons. The monoisotopic (exact) mass is 280 g/mol. The van der Waals surface area contributed by atoms with Gasteiger partial charge in [-0.05, 0) is 32.4 Å². The van der Waals surface area contributed by atoms with Crippen LogP contribution < -0.4 is 10.2 Å². The summed E-state index contributed by atoms with van der Waals surface area (Å²) in [5, 5.41) is 4.67. The van der Waals surface area contributed by atoms with Gasteiger partial charge in [0.15, 0.2) is 5.13 Å². The number of hydrogen-bond donors (Lipinski definition) is 1. The van der Waals surface area contributed by atoms with Gasteiger partial charge in [-0.1, -0.05) is 6.92 Å². The van der Waals surface area contributed by atoms with Crippen LogP contribution in [0.4, 0.5) is 5.13 Å². The zero-order chi connectivity index (χ0) is 13.1. The van der Waals surface area contributed by atoms with E-state index in [-0.39, 0.29) is 0 Å². The van der Waals surface area contributed by atoms with Crippen LogP contribution in [0.1, 0.15) is 31.1 Å². The lowest BCUT2D eigenvalue weighted by atomic mass is 10.2. The van der Waals surface area contributed by atoms with Gasteiger partial charge in [-0.2, -0.15) is 0 Å². The van der Waals surface area contributed by atoms with E-state index in [2.05, 4.69) is 27.0 Å². The molecular weight excluding hydrogens is 256 g/mol. The van der Waals surface area contributed by atoms with Gasteiger partial charge in [-0.3, -0.25) is 4.90 Å². The van der Waals surface area contributed by atoms with Gasteiger partial charge in [0, 0.05) is 43.3 Å². The minimum Gasteiger partial charge on any atom is -0.345 e. The maximum absolute atomic E-state index is 4.62. The number of thiazole rings is 1. The Balaban J connectivity index is 1.56. The molecule has 2 aliphatic heterocycles. The third-order valence-electron chi connectivity index (χ3n) is 4.13. The second kappa shape index (κ2) is 6.20. The van der Waals surface area contributed by atoms with E-state index in [1.807, 2.05) is 17.5 Å². The Morgan fingerprint density at radius 2 is 2.37 bits per heavy atom. The summed E-state index contributed by atoms with van der Waals surface area (Å²) >= 11 is 1.86. The van der Waals surface area contributed by atoms with Crippen LogP contribution in [0.3, 0.4) is 0 Å². The SMILES string of the molecule is CCCNCc1cnc(N2CCN3CCCC3C2)s1. The van der Waals surface area contributed by atoms with Crippen molar-refractivity contribution in [2.75, 3.05) is 37.6 Å². The Kier molecular flexibility index (Phi) is 4.35. The molecule has 0 bridgehead atoms. The van der Waals surface area contributed by atoms with E-state index < -0.39 is 0 Å². The fraction of sp³-hybridized carbons (Fsp3) is 0.786. The second-order valence-electron chi connectivity index (χ2n) is 5.56. The Hall–Kier alpha value is -0.650. The molecule has 0 aromatic carbocycles. The number of piperazine rings is 1. The highest BCUT2D eigenvalue weighted by Gasteiger charge is 2.31. The van der Waals surface area contributed by atoms with Gasteiger partial charge in [0.05, 0.1) is 0 Å². The van der Waals surface area contributed by atoms with Gasteiger partial charge < -0.3 is 10.2 Å². The first kappa shape index (κ1) is 13.3. The molecule has 1 aromatic rings. The highest BCUT2D eigenvalue weighted by atomic mass is 32.1. The van der Waals surface area contributed by atoms with Crippen LogP contribution in [0, 0.1) is 0 Å². The number of fused-ring (bicyclic) bond motifs is 1. The topological polar surface area (TPSA) is 31.4 Å². The summed E-state index contributed by atoms with van der Waals surface area (Å²) in [6.45, 7) is 9.10. The summed E-state index contributed by atoms with van der Waals surface area (Å²) in [5.74, 6) is 0. The predicted molar refractivity (Wildman–Crippen MR) is 80.9 cm³/mol. The van der Waals surface area contributed by atoms with Crippen LogP contribution in [-0.2, 0) is 6.54 Å². The summed E-state index contributed by atoms with van der Waals surface area (Å²) in [6.07, 6.45) is 5.98. The molecule has 1 N–H and O–H groups in total. The van der Waals surface area contributed by atoms with Crippen LogP contribution in [0.2, 0.25) is 0 Å². The molecule has 0 aliphatic carbocycles. The minimum atomic E-state index is 0.777. The van der Waals surface area contributed by atoms with Crippen molar-refractivity contribution in [3.05, 3.63) is 11.1 Å². The summed E-state index contributed by atoms with van der Waals surface area (Å²) < 4.78 is 0. The van der Waals surface area contributed by atoms with Crippen molar-refractivity contribution in [1.82, 2.24) is 15.2 Å². The van der Waals surface area contributed by atoms with E-state index in [1.165, 1.54) is 48.9 Å². The summed E-state index contributed by atoms with van der Waals surface area (Å²) in [5.41, 5.74) is 0.